The number of anilines is 1. The zero-order valence-electron chi connectivity index (χ0n) is 7.88. The van der Waals surface area contributed by atoms with Crippen molar-refractivity contribution in [3.05, 3.63) is 34.7 Å². The van der Waals surface area contributed by atoms with Gasteiger partial charge in [-0.2, -0.15) is 0 Å². The van der Waals surface area contributed by atoms with Gasteiger partial charge in [0.05, 0.1) is 0 Å². The number of aromatic nitrogens is 1. The fourth-order valence-corrected chi connectivity index (χ4v) is 1.70. The van der Waals surface area contributed by atoms with Gasteiger partial charge in [0, 0.05) is 5.38 Å². The topological polar surface area (TPSA) is 68.4 Å². The Morgan fingerprint density at radius 1 is 1.40 bits per heavy atom. The second kappa shape index (κ2) is 4.18. The van der Waals surface area contributed by atoms with E-state index in [0.717, 1.165) is 5.01 Å². The van der Waals surface area contributed by atoms with Gasteiger partial charge in [0.1, 0.15) is 17.4 Å². The van der Waals surface area contributed by atoms with Crippen LogP contribution in [-0.2, 0) is 6.61 Å². The van der Waals surface area contributed by atoms with Gasteiger partial charge in [-0.15, -0.1) is 11.3 Å². The molecule has 0 aliphatic rings. The molecule has 2 rings (SSSR count). The number of rotatable bonds is 3. The van der Waals surface area contributed by atoms with Crippen LogP contribution in [-0.4, -0.2) is 10.1 Å². The normalized spacial score (nSPS) is 10.1. The molecule has 0 fully saturated rings. The van der Waals surface area contributed by atoms with Crippen LogP contribution in [0, 0.1) is 0 Å². The first-order chi connectivity index (χ1) is 7.25. The number of nitrogens with two attached hydrogens (primary N) is 1. The van der Waals surface area contributed by atoms with Gasteiger partial charge in [-0.3, -0.25) is 0 Å². The van der Waals surface area contributed by atoms with Crippen molar-refractivity contribution < 1.29 is 9.84 Å². The first kappa shape index (κ1) is 9.79. The van der Waals surface area contributed by atoms with Gasteiger partial charge in [-0.25, -0.2) is 4.98 Å². The minimum Gasteiger partial charge on any atom is -0.504 e. The maximum absolute atomic E-state index is 9.43. The standard InChI is InChI=1S/C10H10N2O2S/c11-9-6-15-10(12-9)5-14-8-4-2-1-3-7(8)13/h1-4,6,13H,5,11H2. The highest BCUT2D eigenvalue weighted by atomic mass is 32.1. The molecule has 0 atom stereocenters. The Morgan fingerprint density at radius 3 is 2.87 bits per heavy atom. The summed E-state index contributed by atoms with van der Waals surface area (Å²) in [5, 5.41) is 12.0. The number of benzene rings is 1. The summed E-state index contributed by atoms with van der Waals surface area (Å²) in [4.78, 5) is 4.05. The van der Waals surface area contributed by atoms with E-state index in [1.807, 2.05) is 0 Å². The van der Waals surface area contributed by atoms with Crippen molar-refractivity contribution in [2.24, 2.45) is 0 Å². The highest BCUT2D eigenvalue weighted by Crippen LogP contribution is 2.25. The van der Waals surface area contributed by atoms with Crippen LogP contribution in [0.1, 0.15) is 5.01 Å². The molecule has 4 nitrogen and oxygen atoms in total. The van der Waals surface area contributed by atoms with Crippen LogP contribution >= 0.6 is 11.3 Å². The minimum absolute atomic E-state index is 0.127. The summed E-state index contributed by atoms with van der Waals surface area (Å²) < 4.78 is 5.38. The van der Waals surface area contributed by atoms with Crippen molar-refractivity contribution in [1.29, 1.82) is 0 Å². The summed E-state index contributed by atoms with van der Waals surface area (Å²) in [6.45, 7) is 0.319. The van der Waals surface area contributed by atoms with Gasteiger partial charge >= 0.3 is 0 Å². The number of ether oxygens (including phenoxy) is 1. The lowest BCUT2D eigenvalue weighted by Gasteiger charge is -2.05. The molecule has 0 aliphatic heterocycles. The Morgan fingerprint density at radius 2 is 2.20 bits per heavy atom. The molecule has 0 bridgehead atoms. The van der Waals surface area contributed by atoms with Crippen LogP contribution in [0.3, 0.4) is 0 Å². The lowest BCUT2D eigenvalue weighted by Crippen LogP contribution is -1.95. The number of aromatic hydroxyl groups is 1. The number of thiazole rings is 1. The number of phenolic OH excluding ortho intramolecular Hbond substituents is 1. The largest absolute Gasteiger partial charge is 0.504 e. The van der Waals surface area contributed by atoms with E-state index in [4.69, 9.17) is 10.5 Å². The fourth-order valence-electron chi connectivity index (χ4n) is 1.11. The molecular formula is C10H10N2O2S. The van der Waals surface area contributed by atoms with E-state index in [9.17, 15) is 5.11 Å². The van der Waals surface area contributed by atoms with Crippen LogP contribution in [0.4, 0.5) is 5.82 Å². The maximum Gasteiger partial charge on any atom is 0.161 e. The molecule has 0 aliphatic carbocycles. The zero-order chi connectivity index (χ0) is 10.7. The molecule has 0 saturated heterocycles. The fraction of sp³-hybridized carbons (Fsp3) is 0.100. The van der Waals surface area contributed by atoms with Gasteiger partial charge < -0.3 is 15.6 Å². The summed E-state index contributed by atoms with van der Waals surface area (Å²) in [5.74, 6) is 1.07. The third-order valence-corrected chi connectivity index (χ3v) is 2.63. The first-order valence-electron chi connectivity index (χ1n) is 4.36. The number of para-hydroxylation sites is 2. The van der Waals surface area contributed by atoms with Gasteiger partial charge in [0.25, 0.3) is 0 Å². The van der Waals surface area contributed by atoms with Crippen molar-refractivity contribution >= 4 is 17.2 Å². The Bertz CT molecular complexity index is 456. The second-order valence-electron chi connectivity index (χ2n) is 2.92. The molecular weight excluding hydrogens is 212 g/mol. The zero-order valence-corrected chi connectivity index (χ0v) is 8.70. The van der Waals surface area contributed by atoms with Crippen LogP contribution in [0.5, 0.6) is 11.5 Å². The predicted molar refractivity (Wildman–Crippen MR) is 59.0 cm³/mol. The molecule has 3 N–H and O–H groups in total. The van der Waals surface area contributed by atoms with Crippen LogP contribution in [0.2, 0.25) is 0 Å². The average Bonchev–Trinajstić information content (AvgIpc) is 2.63. The summed E-state index contributed by atoms with van der Waals surface area (Å²) >= 11 is 1.43. The average molecular weight is 222 g/mol. The molecule has 0 unspecified atom stereocenters. The molecule has 15 heavy (non-hydrogen) atoms. The quantitative estimate of drug-likeness (QED) is 0.833. The second-order valence-corrected chi connectivity index (χ2v) is 3.87. The van der Waals surface area contributed by atoms with E-state index < -0.39 is 0 Å². The lowest BCUT2D eigenvalue weighted by molar-refractivity contribution is 0.288. The summed E-state index contributed by atoms with van der Waals surface area (Å²) in [5.41, 5.74) is 5.47. The number of hydrogen-bond acceptors (Lipinski definition) is 5. The SMILES string of the molecule is Nc1csc(COc2ccccc2O)n1. The molecule has 1 heterocycles. The lowest BCUT2D eigenvalue weighted by atomic mass is 10.3. The minimum atomic E-state index is 0.127. The van der Waals surface area contributed by atoms with Crippen molar-refractivity contribution in [2.75, 3.05) is 5.73 Å². The maximum atomic E-state index is 9.43. The van der Waals surface area contributed by atoms with Crippen LogP contribution in [0.15, 0.2) is 29.6 Å². The van der Waals surface area contributed by atoms with E-state index in [1.54, 1.807) is 29.6 Å². The Hall–Kier alpha value is -1.75. The third-order valence-electron chi connectivity index (χ3n) is 1.79. The number of hydrogen-bond donors (Lipinski definition) is 2. The van der Waals surface area contributed by atoms with E-state index in [2.05, 4.69) is 4.98 Å². The highest BCUT2D eigenvalue weighted by molar-refractivity contribution is 7.09. The first-order valence-corrected chi connectivity index (χ1v) is 5.24. The highest BCUT2D eigenvalue weighted by Gasteiger charge is 2.03. The van der Waals surface area contributed by atoms with Gasteiger partial charge in [-0.1, -0.05) is 12.1 Å². The van der Waals surface area contributed by atoms with E-state index in [0.29, 0.717) is 18.2 Å². The van der Waals surface area contributed by atoms with E-state index in [1.165, 1.54) is 11.3 Å². The summed E-state index contributed by atoms with van der Waals surface area (Å²) in [6, 6.07) is 6.81. The summed E-state index contributed by atoms with van der Waals surface area (Å²) in [7, 11) is 0. The molecule has 0 radical (unpaired) electrons. The number of phenols is 1. The summed E-state index contributed by atoms with van der Waals surface area (Å²) in [6.07, 6.45) is 0. The van der Waals surface area contributed by atoms with E-state index >= 15 is 0 Å². The smallest absolute Gasteiger partial charge is 0.161 e. The van der Waals surface area contributed by atoms with Crippen molar-refractivity contribution in [2.45, 2.75) is 6.61 Å². The van der Waals surface area contributed by atoms with Crippen molar-refractivity contribution in [1.82, 2.24) is 4.98 Å². The number of nitrogens with zero attached hydrogens (tertiary/aromatic N) is 1. The molecule has 0 saturated carbocycles. The molecule has 2 aromatic rings. The Labute approximate surface area is 91.0 Å². The molecule has 1 aromatic heterocycles. The van der Waals surface area contributed by atoms with Gasteiger partial charge in [0.15, 0.2) is 11.5 Å². The van der Waals surface area contributed by atoms with Crippen molar-refractivity contribution in [3.63, 3.8) is 0 Å². The van der Waals surface area contributed by atoms with Crippen LogP contribution < -0.4 is 10.5 Å². The molecule has 1 aromatic carbocycles. The van der Waals surface area contributed by atoms with E-state index in [-0.39, 0.29) is 5.75 Å². The van der Waals surface area contributed by atoms with Crippen LogP contribution in [0.25, 0.3) is 0 Å². The number of nitrogen functional groups attached to an aromatic ring is 1. The molecule has 5 heteroatoms. The monoisotopic (exact) mass is 222 g/mol. The molecule has 0 amide bonds. The Kier molecular flexibility index (Phi) is 2.73. The third kappa shape index (κ3) is 2.38. The van der Waals surface area contributed by atoms with Gasteiger partial charge in [-0.05, 0) is 12.1 Å². The predicted octanol–water partition coefficient (Wildman–Crippen LogP) is 2.01. The Balaban J connectivity index is 2.02. The van der Waals surface area contributed by atoms with Gasteiger partial charge in [0.2, 0.25) is 0 Å². The van der Waals surface area contributed by atoms with Crippen molar-refractivity contribution in [3.8, 4) is 11.5 Å². The molecule has 0 spiro atoms. The molecule has 78 valence electrons.